The minimum absolute atomic E-state index is 0.127. The number of aliphatic hydroxyl groups excluding tert-OH is 4. The third-order valence-electron chi connectivity index (χ3n) is 16.0. The molecule has 4 N–H and O–H groups in total. The molecule has 0 heterocycles. The van der Waals surface area contributed by atoms with Gasteiger partial charge in [-0.3, -0.25) is 4.79 Å². The smallest absolute Gasteiger partial charge is 0.333 e. The summed E-state index contributed by atoms with van der Waals surface area (Å²) < 4.78 is 11.9. The molecule has 0 aliphatic heterocycles. The van der Waals surface area contributed by atoms with Gasteiger partial charge in [0.15, 0.2) is 0 Å². The first kappa shape index (κ1) is 38.5. The van der Waals surface area contributed by atoms with Crippen LogP contribution in [0.1, 0.15) is 127 Å². The maximum Gasteiger partial charge on any atom is 0.333 e. The highest BCUT2D eigenvalue weighted by Crippen LogP contribution is 2.75. The minimum atomic E-state index is -1.26. The summed E-state index contributed by atoms with van der Waals surface area (Å²) in [5.41, 5.74) is -1.37. The summed E-state index contributed by atoms with van der Waals surface area (Å²) in [5.74, 6) is -0.777. The number of esters is 2. The van der Waals surface area contributed by atoms with Gasteiger partial charge in [0.1, 0.15) is 6.61 Å². The van der Waals surface area contributed by atoms with E-state index >= 15 is 0 Å². The molecular formula is C41H66O8. The Kier molecular flexibility index (Phi) is 10.2. The summed E-state index contributed by atoms with van der Waals surface area (Å²) in [7, 11) is 0. The maximum absolute atomic E-state index is 13.2. The monoisotopic (exact) mass is 686 g/mol. The second-order valence-corrected chi connectivity index (χ2v) is 18.5. The van der Waals surface area contributed by atoms with Crippen LogP contribution >= 0.6 is 0 Å². The number of fused-ring (bicyclic) bond motifs is 7. The van der Waals surface area contributed by atoms with Crippen LogP contribution in [0.5, 0.6) is 0 Å². The number of ether oxygens (including phenoxy) is 2. The van der Waals surface area contributed by atoms with Gasteiger partial charge in [0.2, 0.25) is 0 Å². The first-order valence-corrected chi connectivity index (χ1v) is 19.1. The van der Waals surface area contributed by atoms with Crippen molar-refractivity contribution < 1.29 is 39.5 Å². The molecule has 5 aliphatic carbocycles. The normalized spacial score (nSPS) is 46.1. The maximum atomic E-state index is 13.2. The average Bonchev–Trinajstić information content (AvgIpc) is 3.04. The fourth-order valence-corrected chi connectivity index (χ4v) is 12.3. The number of hydrogen-bond donors (Lipinski definition) is 4. The van der Waals surface area contributed by atoms with E-state index in [0.29, 0.717) is 37.7 Å². The van der Waals surface area contributed by atoms with Crippen molar-refractivity contribution in [2.24, 2.45) is 56.2 Å². The Hall–Kier alpha value is -1.74. The summed E-state index contributed by atoms with van der Waals surface area (Å²) >= 11 is 0. The number of carbonyl (C=O) groups is 2. The molecule has 0 aromatic carbocycles. The SMILES string of the molecule is CC=C(C)C(=O)OC[C@]1(C)C2CC[C@]3(C)C(CC=C4C5CC(C)(C)[C@@H](O)[C@H](O)[C@]5(COC(=O)C(CC)CC)[C@H](O)C[C@]43C)[C@@]2(C)CC[C@@H]1O. The van der Waals surface area contributed by atoms with E-state index in [-0.39, 0.29) is 59.7 Å². The zero-order valence-electron chi connectivity index (χ0n) is 32.0. The highest BCUT2D eigenvalue weighted by molar-refractivity contribution is 5.87. The molecule has 0 radical (unpaired) electrons. The average molecular weight is 687 g/mol. The third kappa shape index (κ3) is 5.51. The molecule has 278 valence electrons. The number of allylic oxidation sites excluding steroid dienone is 3. The topological polar surface area (TPSA) is 134 Å². The molecule has 8 heteroatoms. The van der Waals surface area contributed by atoms with Crippen LogP contribution in [0.25, 0.3) is 0 Å². The quantitative estimate of drug-likeness (QED) is 0.129. The highest BCUT2D eigenvalue weighted by atomic mass is 16.5. The van der Waals surface area contributed by atoms with E-state index < -0.39 is 46.1 Å². The van der Waals surface area contributed by atoms with Crippen LogP contribution in [0.4, 0.5) is 0 Å². The van der Waals surface area contributed by atoms with Crippen molar-refractivity contribution in [3.05, 3.63) is 23.3 Å². The molecule has 0 amide bonds. The van der Waals surface area contributed by atoms with Crippen LogP contribution in [0.15, 0.2) is 23.3 Å². The van der Waals surface area contributed by atoms with Crippen molar-refractivity contribution in [1.29, 1.82) is 0 Å². The Bertz CT molecular complexity index is 1350. The molecule has 3 unspecified atom stereocenters. The van der Waals surface area contributed by atoms with E-state index in [9.17, 15) is 30.0 Å². The third-order valence-corrected chi connectivity index (χ3v) is 16.0. The summed E-state index contributed by atoms with van der Waals surface area (Å²) in [6.07, 6.45) is 6.59. The van der Waals surface area contributed by atoms with Crippen LogP contribution in [-0.4, -0.2) is 70.0 Å². The predicted molar refractivity (Wildman–Crippen MR) is 189 cm³/mol. The summed E-state index contributed by atoms with van der Waals surface area (Å²) in [4.78, 5) is 25.9. The molecule has 0 aromatic rings. The Morgan fingerprint density at radius 2 is 1.53 bits per heavy atom. The van der Waals surface area contributed by atoms with E-state index in [0.717, 1.165) is 25.7 Å². The van der Waals surface area contributed by atoms with Crippen LogP contribution < -0.4 is 0 Å². The summed E-state index contributed by atoms with van der Waals surface area (Å²) in [5, 5.41) is 47.4. The van der Waals surface area contributed by atoms with Crippen molar-refractivity contribution in [2.45, 2.75) is 151 Å². The minimum Gasteiger partial charge on any atom is -0.465 e. The van der Waals surface area contributed by atoms with Crippen LogP contribution in [0, 0.1) is 56.2 Å². The van der Waals surface area contributed by atoms with Crippen molar-refractivity contribution in [3.63, 3.8) is 0 Å². The molecule has 4 saturated carbocycles. The van der Waals surface area contributed by atoms with Crippen molar-refractivity contribution >= 4 is 11.9 Å². The van der Waals surface area contributed by atoms with Crippen molar-refractivity contribution in [2.75, 3.05) is 13.2 Å². The van der Waals surface area contributed by atoms with E-state index in [4.69, 9.17) is 9.47 Å². The van der Waals surface area contributed by atoms with E-state index in [1.54, 1.807) is 13.0 Å². The van der Waals surface area contributed by atoms with Crippen molar-refractivity contribution in [1.82, 2.24) is 0 Å². The zero-order chi connectivity index (χ0) is 36.5. The first-order chi connectivity index (χ1) is 22.7. The van der Waals surface area contributed by atoms with Gasteiger partial charge in [-0.05, 0) is 111 Å². The molecule has 0 aromatic heterocycles. The van der Waals surface area contributed by atoms with E-state index in [1.165, 1.54) is 5.57 Å². The highest BCUT2D eigenvalue weighted by Gasteiger charge is 2.72. The standard InChI is InChI=1S/C41H66O8/c1-11-24(4)34(46)48-22-38(8)28-16-19-39(9)29(37(28,7)18-17-30(38)42)15-14-26-27-20-36(5,6)32(44)33(45)41(27,31(43)21-40(26,39)10)23-49-35(47)25(12-2)13-3/h11,14,25,27-33,42-45H,12-13,15-23H2,1-10H3/t27?,28?,29?,30-,31+,32-,33-,37-,38+,39+,40+,41-/m0/s1. The lowest BCUT2D eigenvalue weighted by Crippen LogP contribution is -2.72. The fraction of sp³-hybridized carbons (Fsp3) is 0.854. The number of carbonyl (C=O) groups excluding carboxylic acids is 2. The van der Waals surface area contributed by atoms with Crippen LogP contribution in [0.2, 0.25) is 0 Å². The molecular weight excluding hydrogens is 620 g/mol. The van der Waals surface area contributed by atoms with Crippen LogP contribution in [-0.2, 0) is 19.1 Å². The molecule has 0 saturated heterocycles. The lowest BCUT2D eigenvalue weighted by Gasteiger charge is -2.72. The lowest BCUT2D eigenvalue weighted by atomic mass is 9.33. The van der Waals surface area contributed by atoms with Gasteiger partial charge in [0.05, 0.1) is 42.4 Å². The molecule has 0 spiro atoms. The van der Waals surface area contributed by atoms with Gasteiger partial charge >= 0.3 is 11.9 Å². The number of aliphatic hydroxyl groups is 4. The largest absolute Gasteiger partial charge is 0.465 e. The molecule has 4 fully saturated rings. The predicted octanol–water partition coefficient (Wildman–Crippen LogP) is 6.53. The van der Waals surface area contributed by atoms with Gasteiger partial charge in [-0.25, -0.2) is 4.79 Å². The Balaban J connectivity index is 1.54. The number of hydrogen-bond acceptors (Lipinski definition) is 8. The molecule has 49 heavy (non-hydrogen) atoms. The molecule has 5 aliphatic rings. The Labute approximate surface area is 295 Å². The molecule has 5 rings (SSSR count). The van der Waals surface area contributed by atoms with Gasteiger partial charge in [-0.15, -0.1) is 0 Å². The van der Waals surface area contributed by atoms with Crippen LogP contribution in [0.3, 0.4) is 0 Å². The van der Waals surface area contributed by atoms with Gasteiger partial charge in [0, 0.05) is 11.0 Å². The Morgan fingerprint density at radius 1 is 0.878 bits per heavy atom. The van der Waals surface area contributed by atoms with Gasteiger partial charge in [-0.2, -0.15) is 0 Å². The summed E-state index contributed by atoms with van der Waals surface area (Å²) in [6.45, 7) is 20.7. The second kappa shape index (κ2) is 13.0. The molecule has 12 atom stereocenters. The summed E-state index contributed by atoms with van der Waals surface area (Å²) in [6, 6.07) is 0. The van der Waals surface area contributed by atoms with E-state index in [2.05, 4.69) is 33.8 Å². The lowest BCUT2D eigenvalue weighted by molar-refractivity contribution is -0.261. The second-order valence-electron chi connectivity index (χ2n) is 18.5. The van der Waals surface area contributed by atoms with E-state index in [1.807, 2.05) is 34.6 Å². The Morgan fingerprint density at radius 3 is 2.14 bits per heavy atom. The fourth-order valence-electron chi connectivity index (χ4n) is 12.3. The molecule has 0 bridgehead atoms. The van der Waals surface area contributed by atoms with Gasteiger partial charge < -0.3 is 29.9 Å². The first-order valence-electron chi connectivity index (χ1n) is 19.1. The zero-order valence-corrected chi connectivity index (χ0v) is 32.0. The number of rotatable bonds is 8. The molecule has 8 nitrogen and oxygen atoms in total. The van der Waals surface area contributed by atoms with Gasteiger partial charge in [-0.1, -0.05) is 73.1 Å². The van der Waals surface area contributed by atoms with Crippen molar-refractivity contribution in [3.8, 4) is 0 Å². The van der Waals surface area contributed by atoms with Gasteiger partial charge in [0.25, 0.3) is 0 Å².